The normalized spacial score (nSPS) is 34.5. The van der Waals surface area contributed by atoms with E-state index in [2.05, 4.69) is 11.9 Å². The number of hydrogen-bond acceptors (Lipinski definition) is 3. The van der Waals surface area contributed by atoms with Crippen LogP contribution in [0.3, 0.4) is 0 Å². The average Bonchev–Trinajstić information content (AvgIpc) is 2.92. The number of nitrogens with two attached hydrogens (primary N) is 1. The lowest BCUT2D eigenvalue weighted by Crippen LogP contribution is -2.18. The van der Waals surface area contributed by atoms with Crippen molar-refractivity contribution in [3.8, 4) is 0 Å². The van der Waals surface area contributed by atoms with Crippen LogP contribution in [0.1, 0.15) is 48.0 Å². The van der Waals surface area contributed by atoms with E-state index in [0.717, 1.165) is 22.8 Å². The molecule has 2 N–H and O–H groups in total. The summed E-state index contributed by atoms with van der Waals surface area (Å²) in [5, 5.41) is 1.14. The SMILES string of the molecule is Cc1ncc(C(N)CC2CC3CCC2C3)s1. The summed E-state index contributed by atoms with van der Waals surface area (Å²) in [5.74, 6) is 2.92. The van der Waals surface area contributed by atoms with E-state index in [1.807, 2.05) is 6.20 Å². The summed E-state index contributed by atoms with van der Waals surface area (Å²) in [6, 6.07) is 0.232. The summed E-state index contributed by atoms with van der Waals surface area (Å²) in [6.45, 7) is 2.05. The number of aryl methyl sites for hydroxylation is 1. The zero-order chi connectivity index (χ0) is 11.1. The third-order valence-corrected chi connectivity index (χ3v) is 5.49. The fourth-order valence-corrected chi connectivity index (χ4v) is 4.46. The third kappa shape index (κ3) is 1.91. The molecular formula is C13H20N2S. The Morgan fingerprint density at radius 1 is 1.50 bits per heavy atom. The maximum Gasteiger partial charge on any atom is 0.0897 e. The van der Waals surface area contributed by atoms with Gasteiger partial charge in [-0.05, 0) is 50.4 Å². The summed E-state index contributed by atoms with van der Waals surface area (Å²) < 4.78 is 0. The van der Waals surface area contributed by atoms with Crippen LogP contribution in [0.25, 0.3) is 0 Å². The van der Waals surface area contributed by atoms with Gasteiger partial charge in [0, 0.05) is 17.1 Å². The van der Waals surface area contributed by atoms with Crippen molar-refractivity contribution in [2.24, 2.45) is 23.5 Å². The second-order valence-corrected chi connectivity index (χ2v) is 6.83. The summed E-state index contributed by atoms with van der Waals surface area (Å²) in [4.78, 5) is 5.58. The molecule has 0 aromatic carbocycles. The van der Waals surface area contributed by atoms with Crippen LogP contribution < -0.4 is 5.73 Å². The molecule has 1 heterocycles. The molecule has 0 aliphatic heterocycles. The van der Waals surface area contributed by atoms with E-state index in [9.17, 15) is 0 Å². The Balaban J connectivity index is 1.62. The van der Waals surface area contributed by atoms with Gasteiger partial charge in [0.05, 0.1) is 5.01 Å². The van der Waals surface area contributed by atoms with Gasteiger partial charge in [-0.2, -0.15) is 0 Å². The van der Waals surface area contributed by atoms with E-state index in [-0.39, 0.29) is 6.04 Å². The summed E-state index contributed by atoms with van der Waals surface area (Å²) in [6.07, 6.45) is 9.02. The van der Waals surface area contributed by atoms with Gasteiger partial charge in [-0.25, -0.2) is 4.98 Å². The monoisotopic (exact) mass is 236 g/mol. The van der Waals surface area contributed by atoms with Crippen LogP contribution in [0.15, 0.2) is 6.20 Å². The third-order valence-electron chi connectivity index (χ3n) is 4.45. The lowest BCUT2D eigenvalue weighted by molar-refractivity contribution is 0.297. The van der Waals surface area contributed by atoms with Gasteiger partial charge in [0.1, 0.15) is 0 Å². The highest BCUT2D eigenvalue weighted by molar-refractivity contribution is 7.11. The topological polar surface area (TPSA) is 38.9 Å². The van der Waals surface area contributed by atoms with Crippen molar-refractivity contribution in [2.45, 2.75) is 45.1 Å². The Morgan fingerprint density at radius 3 is 2.94 bits per heavy atom. The standard InChI is InChI=1S/C13H20N2S/c1-8-15-7-13(16-8)12(14)6-11-5-9-2-3-10(11)4-9/h7,9-12H,2-6,14H2,1H3. The van der Waals surface area contributed by atoms with Crippen molar-refractivity contribution in [3.63, 3.8) is 0 Å². The fourth-order valence-electron chi connectivity index (χ4n) is 3.66. The maximum absolute atomic E-state index is 6.29. The predicted molar refractivity (Wildman–Crippen MR) is 67.3 cm³/mol. The van der Waals surface area contributed by atoms with E-state index in [0.29, 0.717) is 0 Å². The van der Waals surface area contributed by atoms with E-state index in [1.54, 1.807) is 11.3 Å². The second-order valence-electron chi connectivity index (χ2n) is 5.56. The molecule has 2 aliphatic rings. The first kappa shape index (κ1) is 10.7. The van der Waals surface area contributed by atoms with Crippen molar-refractivity contribution < 1.29 is 0 Å². The molecule has 2 nitrogen and oxygen atoms in total. The Bertz CT molecular complexity index is 374. The Labute approximate surface area is 101 Å². The Hall–Kier alpha value is -0.410. The molecule has 88 valence electrons. The number of nitrogens with zero attached hydrogens (tertiary/aromatic N) is 1. The van der Waals surface area contributed by atoms with Crippen molar-refractivity contribution >= 4 is 11.3 Å². The molecule has 0 spiro atoms. The summed E-state index contributed by atoms with van der Waals surface area (Å²) in [7, 11) is 0. The van der Waals surface area contributed by atoms with Gasteiger partial charge < -0.3 is 5.73 Å². The average molecular weight is 236 g/mol. The highest BCUT2D eigenvalue weighted by Gasteiger charge is 2.39. The molecule has 16 heavy (non-hydrogen) atoms. The first-order valence-corrected chi connectivity index (χ1v) is 7.22. The zero-order valence-electron chi connectivity index (χ0n) is 9.86. The quantitative estimate of drug-likeness (QED) is 0.874. The second kappa shape index (κ2) is 4.11. The number of fused-ring (bicyclic) bond motifs is 2. The number of rotatable bonds is 3. The van der Waals surface area contributed by atoms with Crippen molar-refractivity contribution in [1.29, 1.82) is 0 Å². The van der Waals surface area contributed by atoms with Gasteiger partial charge >= 0.3 is 0 Å². The van der Waals surface area contributed by atoms with Crippen LogP contribution in [-0.4, -0.2) is 4.98 Å². The Morgan fingerprint density at radius 2 is 2.38 bits per heavy atom. The maximum atomic E-state index is 6.29. The van der Waals surface area contributed by atoms with Gasteiger partial charge in [-0.1, -0.05) is 6.42 Å². The molecule has 2 aliphatic carbocycles. The van der Waals surface area contributed by atoms with Crippen LogP contribution in [0.2, 0.25) is 0 Å². The van der Waals surface area contributed by atoms with Crippen molar-refractivity contribution in [2.75, 3.05) is 0 Å². The van der Waals surface area contributed by atoms with E-state index in [1.165, 1.54) is 37.0 Å². The lowest BCUT2D eigenvalue weighted by atomic mass is 9.84. The molecule has 3 heteroatoms. The van der Waals surface area contributed by atoms with Crippen LogP contribution >= 0.6 is 11.3 Å². The molecular weight excluding hydrogens is 216 g/mol. The number of thiazole rings is 1. The molecule has 0 saturated heterocycles. The van der Waals surface area contributed by atoms with Crippen LogP contribution in [0, 0.1) is 24.7 Å². The molecule has 1 aromatic rings. The zero-order valence-corrected chi connectivity index (χ0v) is 10.7. The molecule has 0 amide bonds. The minimum absolute atomic E-state index is 0.232. The number of aromatic nitrogens is 1. The predicted octanol–water partition coefficient (Wildman–Crippen LogP) is 3.28. The lowest BCUT2D eigenvalue weighted by Gasteiger charge is -2.24. The Kier molecular flexibility index (Phi) is 2.76. The van der Waals surface area contributed by atoms with Gasteiger partial charge in [0.2, 0.25) is 0 Å². The summed E-state index contributed by atoms with van der Waals surface area (Å²) >= 11 is 1.76. The highest BCUT2D eigenvalue weighted by atomic mass is 32.1. The van der Waals surface area contributed by atoms with E-state index >= 15 is 0 Å². The highest BCUT2D eigenvalue weighted by Crippen LogP contribution is 2.50. The molecule has 2 fully saturated rings. The molecule has 4 atom stereocenters. The van der Waals surface area contributed by atoms with E-state index < -0.39 is 0 Å². The van der Waals surface area contributed by atoms with Crippen LogP contribution in [-0.2, 0) is 0 Å². The minimum Gasteiger partial charge on any atom is -0.323 e. The smallest absolute Gasteiger partial charge is 0.0897 e. The first-order valence-electron chi connectivity index (χ1n) is 6.40. The van der Waals surface area contributed by atoms with E-state index in [4.69, 9.17) is 5.73 Å². The minimum atomic E-state index is 0.232. The van der Waals surface area contributed by atoms with Crippen molar-refractivity contribution in [1.82, 2.24) is 4.98 Å². The van der Waals surface area contributed by atoms with Crippen molar-refractivity contribution in [3.05, 3.63) is 16.1 Å². The van der Waals surface area contributed by atoms with Gasteiger partial charge in [0.15, 0.2) is 0 Å². The molecule has 2 bridgehead atoms. The molecule has 0 radical (unpaired) electrons. The fraction of sp³-hybridized carbons (Fsp3) is 0.769. The number of hydrogen-bond donors (Lipinski definition) is 1. The van der Waals surface area contributed by atoms with Gasteiger partial charge in [-0.15, -0.1) is 11.3 Å². The van der Waals surface area contributed by atoms with Crippen LogP contribution in [0.5, 0.6) is 0 Å². The molecule has 3 rings (SSSR count). The van der Waals surface area contributed by atoms with Crippen LogP contribution in [0.4, 0.5) is 0 Å². The summed E-state index contributed by atoms with van der Waals surface area (Å²) in [5.41, 5.74) is 6.29. The molecule has 1 aromatic heterocycles. The van der Waals surface area contributed by atoms with Gasteiger partial charge in [0.25, 0.3) is 0 Å². The van der Waals surface area contributed by atoms with Gasteiger partial charge in [-0.3, -0.25) is 0 Å². The first-order chi connectivity index (χ1) is 7.72. The molecule has 4 unspecified atom stereocenters. The molecule has 2 saturated carbocycles. The largest absolute Gasteiger partial charge is 0.323 e.